The summed E-state index contributed by atoms with van der Waals surface area (Å²) >= 11 is 0. The molecule has 12 nitrogen and oxygen atoms in total. The van der Waals surface area contributed by atoms with Crippen LogP contribution in [0.5, 0.6) is 17.2 Å². The van der Waals surface area contributed by atoms with Gasteiger partial charge in [0, 0.05) is 30.0 Å². The maximum Gasteiger partial charge on any atom is 0.181 e. The number of hydrogen-bond donors (Lipinski definition) is 3. The van der Waals surface area contributed by atoms with E-state index in [1.54, 1.807) is 45.2 Å². The number of benzene rings is 4. The van der Waals surface area contributed by atoms with Gasteiger partial charge in [-0.05, 0) is 48.9 Å². The number of ether oxygens (including phenoxy) is 1. The highest BCUT2D eigenvalue weighted by Crippen LogP contribution is 2.44. The number of rotatable bonds is 10. The van der Waals surface area contributed by atoms with Gasteiger partial charge in [-0.2, -0.15) is 5.11 Å². The van der Waals surface area contributed by atoms with Crippen LogP contribution in [0.25, 0.3) is 10.8 Å². The van der Waals surface area contributed by atoms with Gasteiger partial charge in [0.1, 0.15) is 33.5 Å². The third-order valence-corrected chi connectivity index (χ3v) is 10.3. The molecule has 0 amide bonds. The number of aryl methyl sites for hydroxylation is 1. The van der Waals surface area contributed by atoms with Crippen molar-refractivity contribution in [3.8, 4) is 17.2 Å². The Morgan fingerprint density at radius 3 is 2.07 bits per heavy atom. The first kappa shape index (κ1) is 31.4. The number of fused-ring (bicyclic) bond motifs is 1. The lowest BCUT2D eigenvalue weighted by Gasteiger charge is -2.11. The van der Waals surface area contributed by atoms with E-state index in [0.717, 1.165) is 11.6 Å². The monoisotopic (exact) mass is 625 g/mol. The molecule has 0 heterocycles. The molecule has 0 unspecified atom stereocenters. The molecule has 43 heavy (non-hydrogen) atoms. The Morgan fingerprint density at radius 1 is 0.767 bits per heavy atom. The standard InChI is InChI=1S/C29H31N5O7S2/c1-6-42(37,38)18-9-8-17(3)23(14-18)32-34-28-19-10-13-22(29(36)20(19)11-12-21(28)30-4)31-33-24-15-26(41-5)27(16-25(24)35)43(39,40)7-2/h8-16,30,35-36H,6-7H2,1-5H3/b33-31+,34-32+. The van der Waals surface area contributed by atoms with Gasteiger partial charge in [0.25, 0.3) is 0 Å². The third kappa shape index (κ3) is 6.29. The molecule has 4 aromatic carbocycles. The fraction of sp³-hybridized carbons (Fsp3) is 0.241. The molecule has 0 aliphatic heterocycles. The summed E-state index contributed by atoms with van der Waals surface area (Å²) in [4.78, 5) is -0.0160. The highest BCUT2D eigenvalue weighted by molar-refractivity contribution is 7.91. The molecule has 0 spiro atoms. The minimum atomic E-state index is -3.67. The molecule has 226 valence electrons. The number of phenols is 2. The summed E-state index contributed by atoms with van der Waals surface area (Å²) in [5, 5.41) is 42.3. The van der Waals surface area contributed by atoms with Gasteiger partial charge in [-0.1, -0.05) is 19.9 Å². The van der Waals surface area contributed by atoms with Crippen molar-refractivity contribution in [3.63, 3.8) is 0 Å². The first-order valence-electron chi connectivity index (χ1n) is 13.1. The largest absolute Gasteiger partial charge is 0.506 e. The fourth-order valence-corrected chi connectivity index (χ4v) is 6.15. The summed E-state index contributed by atoms with van der Waals surface area (Å²) in [6, 6.07) is 13.5. The molecule has 3 N–H and O–H groups in total. The maximum atomic E-state index is 12.4. The van der Waals surface area contributed by atoms with Gasteiger partial charge in [0.15, 0.2) is 25.4 Å². The predicted octanol–water partition coefficient (Wildman–Crippen LogP) is 7.03. The number of hydrogen-bond acceptors (Lipinski definition) is 12. The van der Waals surface area contributed by atoms with E-state index >= 15 is 0 Å². The minimum Gasteiger partial charge on any atom is -0.506 e. The molecule has 4 rings (SSSR count). The zero-order chi connectivity index (χ0) is 31.5. The topological polar surface area (TPSA) is 179 Å². The summed E-state index contributed by atoms with van der Waals surface area (Å²) in [6.45, 7) is 4.85. The van der Waals surface area contributed by atoms with Crippen molar-refractivity contribution in [2.75, 3.05) is 31.0 Å². The Balaban J connectivity index is 1.76. The summed E-state index contributed by atoms with van der Waals surface area (Å²) < 4.78 is 54.7. The van der Waals surface area contributed by atoms with Crippen LogP contribution in [0.4, 0.5) is 28.4 Å². The highest BCUT2D eigenvalue weighted by Gasteiger charge is 2.21. The molecule has 0 radical (unpaired) electrons. The Bertz CT molecular complexity index is 1990. The van der Waals surface area contributed by atoms with Crippen LogP contribution in [-0.2, 0) is 19.7 Å². The molecule has 0 saturated carbocycles. The van der Waals surface area contributed by atoms with Crippen LogP contribution in [0.3, 0.4) is 0 Å². The van der Waals surface area contributed by atoms with Gasteiger partial charge >= 0.3 is 0 Å². The molecule has 0 aromatic heterocycles. The molecule has 4 aromatic rings. The zero-order valence-electron chi connectivity index (χ0n) is 24.2. The van der Waals surface area contributed by atoms with Crippen molar-refractivity contribution in [3.05, 3.63) is 60.2 Å². The minimum absolute atomic E-state index is 0.000927. The number of nitrogens with one attached hydrogen (secondary N) is 1. The van der Waals surface area contributed by atoms with Gasteiger partial charge < -0.3 is 20.3 Å². The van der Waals surface area contributed by atoms with Crippen LogP contribution in [0.1, 0.15) is 19.4 Å². The summed E-state index contributed by atoms with van der Waals surface area (Å²) in [5.41, 5.74) is 2.14. The molecule has 0 atom stereocenters. The van der Waals surface area contributed by atoms with Gasteiger partial charge in [-0.15, -0.1) is 15.3 Å². The Morgan fingerprint density at radius 2 is 1.42 bits per heavy atom. The lowest BCUT2D eigenvalue weighted by Crippen LogP contribution is -2.05. The smallest absolute Gasteiger partial charge is 0.181 e. The summed E-state index contributed by atoms with van der Waals surface area (Å²) in [5.74, 6) is -0.872. The maximum absolute atomic E-state index is 12.4. The van der Waals surface area contributed by atoms with Crippen LogP contribution in [-0.4, -0.2) is 52.7 Å². The number of anilines is 1. The van der Waals surface area contributed by atoms with Crippen molar-refractivity contribution in [2.45, 2.75) is 30.6 Å². The average Bonchev–Trinajstić information content (AvgIpc) is 3.00. The number of sulfone groups is 2. The van der Waals surface area contributed by atoms with Crippen molar-refractivity contribution in [2.24, 2.45) is 20.5 Å². The SMILES string of the molecule is CCS(=O)(=O)c1ccc(C)c(/N=N/c2c(NC)ccc3c(O)c(/N=N/c4cc(OC)c(S(=O)(=O)CC)cc4O)ccc23)c1. The normalized spacial score (nSPS) is 12.4. The van der Waals surface area contributed by atoms with E-state index in [1.165, 1.54) is 38.3 Å². The van der Waals surface area contributed by atoms with Crippen molar-refractivity contribution in [1.29, 1.82) is 0 Å². The van der Waals surface area contributed by atoms with Crippen LogP contribution >= 0.6 is 0 Å². The molecular weight excluding hydrogens is 594 g/mol. The second-order valence-corrected chi connectivity index (χ2v) is 13.9. The molecule has 14 heteroatoms. The van der Waals surface area contributed by atoms with E-state index in [4.69, 9.17) is 4.74 Å². The van der Waals surface area contributed by atoms with Crippen molar-refractivity contribution in [1.82, 2.24) is 0 Å². The molecule has 0 aliphatic rings. The van der Waals surface area contributed by atoms with E-state index in [2.05, 4.69) is 25.8 Å². The van der Waals surface area contributed by atoms with E-state index in [0.29, 0.717) is 27.8 Å². The third-order valence-electron chi connectivity index (χ3n) is 6.81. The van der Waals surface area contributed by atoms with Crippen LogP contribution in [0.2, 0.25) is 0 Å². The molecule has 0 fully saturated rings. The second-order valence-electron chi connectivity index (χ2n) is 9.39. The van der Waals surface area contributed by atoms with E-state index in [9.17, 15) is 27.0 Å². The Hall–Kier alpha value is -4.56. The number of azo groups is 2. The molecular formula is C29H31N5O7S2. The number of nitrogens with zero attached hydrogens (tertiary/aromatic N) is 4. The number of methoxy groups -OCH3 is 1. The first-order valence-corrected chi connectivity index (χ1v) is 16.4. The van der Waals surface area contributed by atoms with Gasteiger partial charge in [0.2, 0.25) is 0 Å². The molecule has 0 saturated heterocycles. The average molecular weight is 626 g/mol. The molecule has 0 aliphatic carbocycles. The second kappa shape index (κ2) is 12.4. The summed E-state index contributed by atoms with van der Waals surface area (Å²) in [7, 11) is -4.10. The fourth-order valence-electron chi connectivity index (χ4n) is 4.20. The van der Waals surface area contributed by atoms with Crippen LogP contribution in [0, 0.1) is 6.92 Å². The van der Waals surface area contributed by atoms with Crippen LogP contribution < -0.4 is 10.1 Å². The first-order chi connectivity index (χ1) is 20.4. The van der Waals surface area contributed by atoms with Gasteiger partial charge in [-0.25, -0.2) is 16.8 Å². The lowest BCUT2D eigenvalue weighted by atomic mass is 10.1. The summed E-state index contributed by atoms with van der Waals surface area (Å²) in [6.07, 6.45) is 0. The zero-order valence-corrected chi connectivity index (χ0v) is 25.8. The highest BCUT2D eigenvalue weighted by atomic mass is 32.2. The van der Waals surface area contributed by atoms with E-state index < -0.39 is 25.4 Å². The Kier molecular flexibility index (Phi) is 9.01. The van der Waals surface area contributed by atoms with E-state index in [1.807, 2.05) is 0 Å². The molecule has 0 bridgehead atoms. The number of aromatic hydroxyl groups is 2. The number of phenolic OH excluding ortho intramolecular Hbond substituents is 2. The van der Waals surface area contributed by atoms with Gasteiger partial charge in [-0.3, -0.25) is 0 Å². The predicted molar refractivity (Wildman–Crippen MR) is 165 cm³/mol. The van der Waals surface area contributed by atoms with Crippen molar-refractivity contribution >= 4 is 58.9 Å². The van der Waals surface area contributed by atoms with Crippen LogP contribution in [0.15, 0.2) is 84.8 Å². The van der Waals surface area contributed by atoms with E-state index in [-0.39, 0.29) is 44.2 Å². The lowest BCUT2D eigenvalue weighted by molar-refractivity contribution is 0.399. The van der Waals surface area contributed by atoms with Crippen molar-refractivity contribution < 1.29 is 31.8 Å². The van der Waals surface area contributed by atoms with Gasteiger partial charge in [0.05, 0.1) is 34.9 Å². The Labute approximate surface area is 249 Å². The quantitative estimate of drug-likeness (QED) is 0.157.